The maximum absolute atomic E-state index is 12.1. The van der Waals surface area contributed by atoms with Gasteiger partial charge in [-0.2, -0.15) is 0 Å². The summed E-state index contributed by atoms with van der Waals surface area (Å²) >= 11 is 3.44. The zero-order valence-electron chi connectivity index (χ0n) is 8.37. The first-order chi connectivity index (χ1) is 7.25. The van der Waals surface area contributed by atoms with E-state index in [1.807, 2.05) is 17.0 Å². The number of fused-ring (bicyclic) bond motifs is 1. The summed E-state index contributed by atoms with van der Waals surface area (Å²) in [5.41, 5.74) is 2.09. The minimum absolute atomic E-state index is 0.228. The van der Waals surface area contributed by atoms with Gasteiger partial charge in [0, 0.05) is 22.6 Å². The predicted octanol–water partition coefficient (Wildman–Crippen LogP) is 2.61. The number of hydrogen-bond donors (Lipinski definition) is 0. The molecule has 1 amide bonds. The Kier molecular flexibility index (Phi) is 2.09. The summed E-state index contributed by atoms with van der Waals surface area (Å²) in [5.74, 6) is 0.228. The molecule has 1 fully saturated rings. The number of carbonyl (C=O) groups is 1. The van der Waals surface area contributed by atoms with E-state index in [0.717, 1.165) is 23.0 Å². The summed E-state index contributed by atoms with van der Waals surface area (Å²) < 4.78 is 1.06. The monoisotopic (exact) mass is 265 g/mol. The molecule has 0 N–H and O–H groups in total. The maximum Gasteiger partial charge on any atom is 0.254 e. The number of halogens is 1. The van der Waals surface area contributed by atoms with Crippen LogP contribution in [-0.4, -0.2) is 23.4 Å². The zero-order chi connectivity index (χ0) is 10.4. The number of benzene rings is 1. The Bertz CT molecular complexity index is 426. The lowest BCUT2D eigenvalue weighted by Crippen LogP contribution is -2.39. The van der Waals surface area contributed by atoms with Crippen LogP contribution in [-0.2, 0) is 6.42 Å². The zero-order valence-corrected chi connectivity index (χ0v) is 9.96. The molecule has 1 saturated carbocycles. The molecule has 3 rings (SSSR count). The number of carbonyl (C=O) groups excluding carboxylic acids is 1. The molecule has 2 aliphatic rings. The van der Waals surface area contributed by atoms with Crippen LogP contribution in [0.5, 0.6) is 0 Å². The first kappa shape index (κ1) is 9.40. The molecule has 1 aromatic carbocycles. The Morgan fingerprint density at radius 1 is 1.33 bits per heavy atom. The predicted molar refractivity (Wildman–Crippen MR) is 61.9 cm³/mol. The van der Waals surface area contributed by atoms with Crippen LogP contribution in [0.15, 0.2) is 22.7 Å². The van der Waals surface area contributed by atoms with Gasteiger partial charge >= 0.3 is 0 Å². The molecule has 0 radical (unpaired) electrons. The molecular formula is C12H12BrNO. The van der Waals surface area contributed by atoms with Gasteiger partial charge in [-0.15, -0.1) is 0 Å². The molecule has 1 heterocycles. The number of amides is 1. The first-order valence-corrected chi connectivity index (χ1v) is 6.14. The Balaban J connectivity index is 1.98. The SMILES string of the molecule is O=C1c2ccc(Br)cc2CCN1C1CC1. The Labute approximate surface area is 97.4 Å². The van der Waals surface area contributed by atoms with Crippen molar-refractivity contribution >= 4 is 21.8 Å². The van der Waals surface area contributed by atoms with E-state index in [9.17, 15) is 4.79 Å². The van der Waals surface area contributed by atoms with Crippen LogP contribution in [0.4, 0.5) is 0 Å². The molecule has 15 heavy (non-hydrogen) atoms. The summed E-state index contributed by atoms with van der Waals surface area (Å²) in [6.07, 6.45) is 3.38. The molecule has 0 unspecified atom stereocenters. The number of nitrogens with zero attached hydrogens (tertiary/aromatic N) is 1. The highest BCUT2D eigenvalue weighted by Crippen LogP contribution is 2.32. The quantitative estimate of drug-likeness (QED) is 0.765. The number of hydrogen-bond acceptors (Lipinski definition) is 1. The normalized spacial score (nSPS) is 20.3. The van der Waals surface area contributed by atoms with Crippen molar-refractivity contribution in [1.29, 1.82) is 0 Å². The average molecular weight is 266 g/mol. The van der Waals surface area contributed by atoms with Crippen LogP contribution >= 0.6 is 15.9 Å². The van der Waals surface area contributed by atoms with Crippen LogP contribution in [0.25, 0.3) is 0 Å². The van der Waals surface area contributed by atoms with Crippen molar-refractivity contribution in [2.24, 2.45) is 0 Å². The lowest BCUT2D eigenvalue weighted by Gasteiger charge is -2.28. The summed E-state index contributed by atoms with van der Waals surface area (Å²) in [6.45, 7) is 0.896. The van der Waals surface area contributed by atoms with Gasteiger partial charge in [-0.05, 0) is 43.0 Å². The Morgan fingerprint density at radius 3 is 2.87 bits per heavy atom. The van der Waals surface area contributed by atoms with Gasteiger partial charge < -0.3 is 4.90 Å². The molecule has 3 heteroatoms. The van der Waals surface area contributed by atoms with E-state index >= 15 is 0 Å². The van der Waals surface area contributed by atoms with Gasteiger partial charge in [-0.1, -0.05) is 15.9 Å². The highest BCUT2D eigenvalue weighted by Gasteiger charge is 2.35. The first-order valence-electron chi connectivity index (χ1n) is 5.35. The third-order valence-corrected chi connectivity index (χ3v) is 3.66. The van der Waals surface area contributed by atoms with E-state index in [4.69, 9.17) is 0 Å². The van der Waals surface area contributed by atoms with Crippen molar-refractivity contribution in [1.82, 2.24) is 4.90 Å². The summed E-state index contributed by atoms with van der Waals surface area (Å²) in [7, 11) is 0. The molecule has 78 valence electrons. The lowest BCUT2D eigenvalue weighted by atomic mass is 9.99. The molecule has 0 aromatic heterocycles. The van der Waals surface area contributed by atoms with Gasteiger partial charge in [0.15, 0.2) is 0 Å². The van der Waals surface area contributed by atoms with Crippen molar-refractivity contribution in [3.63, 3.8) is 0 Å². The van der Waals surface area contributed by atoms with E-state index < -0.39 is 0 Å². The Morgan fingerprint density at radius 2 is 2.13 bits per heavy atom. The molecule has 0 spiro atoms. The fourth-order valence-corrected chi connectivity index (χ4v) is 2.62. The van der Waals surface area contributed by atoms with Crippen molar-refractivity contribution < 1.29 is 4.79 Å². The van der Waals surface area contributed by atoms with Crippen molar-refractivity contribution in [2.75, 3.05) is 6.54 Å². The van der Waals surface area contributed by atoms with Crippen molar-refractivity contribution in [3.8, 4) is 0 Å². The van der Waals surface area contributed by atoms with E-state index in [1.54, 1.807) is 0 Å². The largest absolute Gasteiger partial charge is 0.335 e. The summed E-state index contributed by atoms with van der Waals surface area (Å²) in [6, 6.07) is 6.50. The molecule has 0 bridgehead atoms. The van der Waals surface area contributed by atoms with Gasteiger partial charge in [0.1, 0.15) is 0 Å². The van der Waals surface area contributed by atoms with Crippen LogP contribution in [0, 0.1) is 0 Å². The second-order valence-corrected chi connectivity index (χ2v) is 5.20. The van der Waals surface area contributed by atoms with Gasteiger partial charge in [0.05, 0.1) is 0 Å². The second kappa shape index (κ2) is 3.34. The fraction of sp³-hybridized carbons (Fsp3) is 0.417. The number of rotatable bonds is 1. The van der Waals surface area contributed by atoms with Crippen molar-refractivity contribution in [3.05, 3.63) is 33.8 Å². The summed E-state index contributed by atoms with van der Waals surface area (Å²) in [5, 5.41) is 0. The van der Waals surface area contributed by atoms with E-state index in [0.29, 0.717) is 6.04 Å². The van der Waals surface area contributed by atoms with Crippen molar-refractivity contribution in [2.45, 2.75) is 25.3 Å². The fourth-order valence-electron chi connectivity index (χ4n) is 2.21. The highest BCUT2D eigenvalue weighted by atomic mass is 79.9. The molecule has 1 aliphatic carbocycles. The molecule has 1 aromatic rings. The second-order valence-electron chi connectivity index (χ2n) is 4.28. The Hall–Kier alpha value is -0.830. The van der Waals surface area contributed by atoms with Gasteiger partial charge in [-0.25, -0.2) is 0 Å². The lowest BCUT2D eigenvalue weighted by molar-refractivity contribution is 0.0727. The molecule has 0 atom stereocenters. The minimum atomic E-state index is 0.228. The topological polar surface area (TPSA) is 20.3 Å². The van der Waals surface area contributed by atoms with Crippen LogP contribution in [0.1, 0.15) is 28.8 Å². The average Bonchev–Trinajstić information content (AvgIpc) is 3.01. The molecule has 1 aliphatic heterocycles. The summed E-state index contributed by atoms with van der Waals surface area (Å²) in [4.78, 5) is 14.2. The third kappa shape index (κ3) is 1.59. The molecule has 0 saturated heterocycles. The van der Waals surface area contributed by atoms with Crippen LogP contribution in [0.3, 0.4) is 0 Å². The third-order valence-electron chi connectivity index (χ3n) is 3.17. The molecular weight excluding hydrogens is 254 g/mol. The maximum atomic E-state index is 12.1. The van der Waals surface area contributed by atoms with Gasteiger partial charge in [-0.3, -0.25) is 4.79 Å². The standard InChI is InChI=1S/C12H12BrNO/c13-9-1-4-11-8(7-9)5-6-14(12(11)15)10-2-3-10/h1,4,7,10H,2-3,5-6H2. The van der Waals surface area contributed by atoms with Gasteiger partial charge in [0.25, 0.3) is 5.91 Å². The molecule has 2 nitrogen and oxygen atoms in total. The van der Waals surface area contributed by atoms with Gasteiger partial charge in [0.2, 0.25) is 0 Å². The smallest absolute Gasteiger partial charge is 0.254 e. The minimum Gasteiger partial charge on any atom is -0.335 e. The highest BCUT2D eigenvalue weighted by molar-refractivity contribution is 9.10. The van der Waals surface area contributed by atoms with Crippen LogP contribution < -0.4 is 0 Å². The van der Waals surface area contributed by atoms with E-state index in [-0.39, 0.29) is 5.91 Å². The van der Waals surface area contributed by atoms with E-state index in [1.165, 1.54) is 18.4 Å². The van der Waals surface area contributed by atoms with E-state index in [2.05, 4.69) is 22.0 Å². The van der Waals surface area contributed by atoms with Crippen LogP contribution in [0.2, 0.25) is 0 Å².